The minimum Gasteiger partial charge on any atom is -0.352 e. The van der Waals surface area contributed by atoms with Crippen LogP contribution in [-0.2, 0) is 6.42 Å². The highest BCUT2D eigenvalue weighted by Crippen LogP contribution is 2.38. The zero-order valence-electron chi connectivity index (χ0n) is 12.4. The third-order valence-corrected chi connectivity index (χ3v) is 5.61. The fourth-order valence-electron chi connectivity index (χ4n) is 2.75. The lowest BCUT2D eigenvalue weighted by atomic mass is 10.0. The highest BCUT2D eigenvalue weighted by atomic mass is 79.9. The molecule has 3 N–H and O–H groups in total. The molecule has 3 aromatic rings. The van der Waals surface area contributed by atoms with Gasteiger partial charge in [-0.05, 0) is 67.4 Å². The number of nitrogens with one attached hydrogen (secondary N) is 1. The summed E-state index contributed by atoms with van der Waals surface area (Å²) in [5.74, 6) is 0. The molecular formula is C17H18BrClN2S. The fourth-order valence-corrected chi connectivity index (χ4v) is 4.54. The summed E-state index contributed by atoms with van der Waals surface area (Å²) in [5.41, 5.74) is 10.5. The van der Waals surface area contributed by atoms with Crippen LogP contribution in [0.3, 0.4) is 0 Å². The fraction of sp³-hybridized carbons (Fsp3) is 0.294. The molecular weight excluding hydrogens is 380 g/mol. The van der Waals surface area contributed by atoms with Crippen molar-refractivity contribution in [1.82, 2.24) is 4.98 Å². The standard InChI is InChI=1S/C17H18BrClN2S/c1-10-6-15(22-9-10)17-12(4-2-3-5-20)13-7-11(18)8-14(19)16(13)21-17/h6-9,21H,2-5,20H2,1H3. The van der Waals surface area contributed by atoms with Crippen molar-refractivity contribution in [3.63, 3.8) is 0 Å². The number of fused-ring (bicyclic) bond motifs is 1. The predicted molar refractivity (Wildman–Crippen MR) is 101 cm³/mol. The average Bonchev–Trinajstić information content (AvgIpc) is 3.04. The van der Waals surface area contributed by atoms with Crippen LogP contribution in [0.2, 0.25) is 5.02 Å². The van der Waals surface area contributed by atoms with E-state index in [1.165, 1.54) is 27.1 Å². The van der Waals surface area contributed by atoms with Crippen LogP contribution in [0.25, 0.3) is 21.5 Å². The zero-order valence-corrected chi connectivity index (χ0v) is 15.5. The Bertz CT molecular complexity index is 806. The first-order chi connectivity index (χ1) is 10.6. The SMILES string of the molecule is Cc1csc(-c2[nH]c3c(Cl)cc(Br)cc3c2CCCCN)c1. The Morgan fingerprint density at radius 2 is 2.09 bits per heavy atom. The summed E-state index contributed by atoms with van der Waals surface area (Å²) in [6, 6.07) is 6.32. The van der Waals surface area contributed by atoms with Gasteiger partial charge in [0.2, 0.25) is 0 Å². The number of halogens is 2. The van der Waals surface area contributed by atoms with Crippen LogP contribution in [0.15, 0.2) is 28.1 Å². The zero-order chi connectivity index (χ0) is 15.7. The normalized spacial score (nSPS) is 11.5. The molecule has 0 atom stereocenters. The number of nitrogens with two attached hydrogens (primary N) is 1. The molecule has 3 rings (SSSR count). The van der Waals surface area contributed by atoms with Gasteiger partial charge in [0.1, 0.15) is 0 Å². The molecule has 0 saturated heterocycles. The smallest absolute Gasteiger partial charge is 0.0658 e. The Labute approximate surface area is 147 Å². The van der Waals surface area contributed by atoms with Crippen molar-refractivity contribution in [2.24, 2.45) is 5.73 Å². The van der Waals surface area contributed by atoms with Crippen LogP contribution in [-0.4, -0.2) is 11.5 Å². The number of aryl methyl sites for hydroxylation is 2. The van der Waals surface area contributed by atoms with Gasteiger partial charge in [0.15, 0.2) is 0 Å². The van der Waals surface area contributed by atoms with E-state index in [1.807, 2.05) is 6.07 Å². The van der Waals surface area contributed by atoms with Gasteiger partial charge in [-0.15, -0.1) is 11.3 Å². The second-order valence-electron chi connectivity index (χ2n) is 5.52. The lowest BCUT2D eigenvalue weighted by Gasteiger charge is -2.03. The van der Waals surface area contributed by atoms with E-state index in [2.05, 4.69) is 45.4 Å². The van der Waals surface area contributed by atoms with Crippen molar-refractivity contribution in [2.45, 2.75) is 26.2 Å². The maximum Gasteiger partial charge on any atom is 0.0658 e. The highest BCUT2D eigenvalue weighted by molar-refractivity contribution is 9.10. The summed E-state index contributed by atoms with van der Waals surface area (Å²) >= 11 is 11.7. The number of hydrogen-bond donors (Lipinski definition) is 2. The van der Waals surface area contributed by atoms with E-state index in [4.69, 9.17) is 17.3 Å². The number of aromatic nitrogens is 1. The quantitative estimate of drug-likeness (QED) is 0.517. The molecule has 116 valence electrons. The number of unbranched alkanes of at least 4 members (excludes halogenated alkanes) is 1. The van der Waals surface area contributed by atoms with Crippen molar-refractivity contribution in [1.29, 1.82) is 0 Å². The minimum absolute atomic E-state index is 0.736. The van der Waals surface area contributed by atoms with E-state index in [-0.39, 0.29) is 0 Å². The molecule has 0 aliphatic rings. The molecule has 2 aromatic heterocycles. The van der Waals surface area contributed by atoms with Crippen molar-refractivity contribution in [3.05, 3.63) is 44.2 Å². The molecule has 0 amide bonds. The molecule has 0 aliphatic carbocycles. The van der Waals surface area contributed by atoms with Crippen LogP contribution in [0.5, 0.6) is 0 Å². The van der Waals surface area contributed by atoms with Crippen LogP contribution in [0.1, 0.15) is 24.0 Å². The largest absolute Gasteiger partial charge is 0.352 e. The van der Waals surface area contributed by atoms with Crippen LogP contribution < -0.4 is 5.73 Å². The second kappa shape index (κ2) is 6.75. The molecule has 0 spiro atoms. The Kier molecular flexibility index (Phi) is 4.93. The second-order valence-corrected chi connectivity index (χ2v) is 7.76. The van der Waals surface area contributed by atoms with Crippen LogP contribution in [0.4, 0.5) is 0 Å². The Morgan fingerprint density at radius 3 is 2.77 bits per heavy atom. The molecule has 0 fully saturated rings. The van der Waals surface area contributed by atoms with E-state index in [0.717, 1.165) is 40.8 Å². The van der Waals surface area contributed by atoms with Gasteiger partial charge in [-0.1, -0.05) is 27.5 Å². The lowest BCUT2D eigenvalue weighted by molar-refractivity contribution is 0.748. The van der Waals surface area contributed by atoms with E-state index >= 15 is 0 Å². The third-order valence-electron chi connectivity index (χ3n) is 3.79. The summed E-state index contributed by atoms with van der Waals surface area (Å²) in [6.45, 7) is 2.86. The van der Waals surface area contributed by atoms with Crippen molar-refractivity contribution < 1.29 is 0 Å². The minimum atomic E-state index is 0.736. The Hall–Kier alpha value is -0.810. The van der Waals surface area contributed by atoms with Gasteiger partial charge in [-0.2, -0.15) is 0 Å². The highest BCUT2D eigenvalue weighted by Gasteiger charge is 2.16. The molecule has 0 radical (unpaired) electrons. The number of benzene rings is 1. The van der Waals surface area contributed by atoms with Crippen LogP contribution in [0, 0.1) is 6.92 Å². The molecule has 1 aromatic carbocycles. The summed E-state index contributed by atoms with van der Waals surface area (Å²) in [6.07, 6.45) is 3.14. The average molecular weight is 398 g/mol. The Balaban J connectivity index is 2.16. The van der Waals surface area contributed by atoms with Gasteiger partial charge in [-0.3, -0.25) is 0 Å². The maximum atomic E-state index is 6.42. The van der Waals surface area contributed by atoms with Gasteiger partial charge in [0.25, 0.3) is 0 Å². The number of H-pyrrole nitrogens is 1. The van der Waals surface area contributed by atoms with Gasteiger partial charge in [-0.25, -0.2) is 0 Å². The number of thiophene rings is 1. The van der Waals surface area contributed by atoms with Gasteiger partial charge >= 0.3 is 0 Å². The summed E-state index contributed by atoms with van der Waals surface area (Å²) in [5, 5.41) is 4.14. The lowest BCUT2D eigenvalue weighted by Crippen LogP contribution is -1.99. The first-order valence-corrected chi connectivity index (χ1v) is 9.40. The van der Waals surface area contributed by atoms with E-state index in [1.54, 1.807) is 11.3 Å². The van der Waals surface area contributed by atoms with E-state index in [0.29, 0.717) is 0 Å². The van der Waals surface area contributed by atoms with Gasteiger partial charge < -0.3 is 10.7 Å². The molecule has 0 bridgehead atoms. The maximum absolute atomic E-state index is 6.42. The molecule has 0 unspecified atom stereocenters. The summed E-state index contributed by atoms with van der Waals surface area (Å²) in [7, 11) is 0. The monoisotopic (exact) mass is 396 g/mol. The predicted octanol–water partition coefficient (Wildman–Crippen LogP) is 5.90. The molecule has 0 aliphatic heterocycles. The van der Waals surface area contributed by atoms with Gasteiger partial charge in [0.05, 0.1) is 21.1 Å². The number of rotatable bonds is 5. The summed E-state index contributed by atoms with van der Waals surface area (Å²) in [4.78, 5) is 4.81. The summed E-state index contributed by atoms with van der Waals surface area (Å²) < 4.78 is 1.01. The first kappa shape index (κ1) is 16.1. The number of hydrogen-bond acceptors (Lipinski definition) is 2. The molecule has 0 saturated carbocycles. The number of aromatic amines is 1. The van der Waals surface area contributed by atoms with Crippen LogP contribution >= 0.6 is 38.9 Å². The van der Waals surface area contributed by atoms with Crippen molar-refractivity contribution in [2.75, 3.05) is 6.54 Å². The van der Waals surface area contributed by atoms with Crippen molar-refractivity contribution >= 4 is 49.8 Å². The molecule has 5 heteroatoms. The third kappa shape index (κ3) is 3.11. The van der Waals surface area contributed by atoms with Crippen molar-refractivity contribution in [3.8, 4) is 10.6 Å². The molecule has 2 nitrogen and oxygen atoms in total. The van der Waals surface area contributed by atoms with E-state index in [9.17, 15) is 0 Å². The first-order valence-electron chi connectivity index (χ1n) is 7.35. The van der Waals surface area contributed by atoms with Gasteiger partial charge in [0, 0.05) is 9.86 Å². The Morgan fingerprint density at radius 1 is 1.27 bits per heavy atom. The topological polar surface area (TPSA) is 41.8 Å². The van der Waals surface area contributed by atoms with E-state index < -0.39 is 0 Å². The molecule has 2 heterocycles. The molecule has 22 heavy (non-hydrogen) atoms.